The minimum Gasteiger partial charge on any atom is -0.330 e. The van der Waals surface area contributed by atoms with Crippen molar-refractivity contribution >= 4 is 0 Å². The van der Waals surface area contributed by atoms with E-state index >= 15 is 0 Å². The summed E-state index contributed by atoms with van der Waals surface area (Å²) < 4.78 is 0. The molecule has 0 amide bonds. The van der Waals surface area contributed by atoms with E-state index in [0.717, 1.165) is 43.7 Å². The fourth-order valence-electron chi connectivity index (χ4n) is 1.94. The summed E-state index contributed by atoms with van der Waals surface area (Å²) >= 11 is 0. The minimum atomic E-state index is 0.770. The van der Waals surface area contributed by atoms with Crippen LogP contribution in [-0.4, -0.2) is 18.1 Å². The Morgan fingerprint density at radius 1 is 0.947 bits per heavy atom. The van der Waals surface area contributed by atoms with Gasteiger partial charge in [0.05, 0.1) is 5.69 Å². The molecule has 0 atom stereocenters. The Labute approximate surface area is 114 Å². The predicted octanol–water partition coefficient (Wildman–Crippen LogP) is 2.58. The number of unbranched alkanes of at least 4 members (excludes halogenated alkanes) is 1. The van der Waals surface area contributed by atoms with Crippen molar-refractivity contribution in [1.29, 1.82) is 0 Å². The second-order valence-corrected chi connectivity index (χ2v) is 4.58. The van der Waals surface area contributed by atoms with E-state index in [1.54, 1.807) is 0 Å². The fourth-order valence-corrected chi connectivity index (χ4v) is 1.94. The van der Waals surface area contributed by atoms with Gasteiger partial charge in [0.25, 0.3) is 0 Å². The van der Waals surface area contributed by atoms with E-state index in [1.807, 2.05) is 24.4 Å². The van der Waals surface area contributed by atoms with Gasteiger partial charge in [-0.3, -0.25) is 4.98 Å². The summed E-state index contributed by atoms with van der Waals surface area (Å²) in [6, 6.07) is 14.5. The van der Waals surface area contributed by atoms with Crippen LogP contribution in [0.4, 0.5) is 0 Å². The summed E-state index contributed by atoms with van der Waals surface area (Å²) in [5.74, 6) is 0. The zero-order valence-electron chi connectivity index (χ0n) is 11.2. The number of aromatic nitrogens is 1. The van der Waals surface area contributed by atoms with Crippen LogP contribution in [-0.2, 0) is 6.54 Å². The van der Waals surface area contributed by atoms with E-state index in [1.165, 1.54) is 5.56 Å². The minimum absolute atomic E-state index is 0.770. The molecule has 2 rings (SSSR count). The van der Waals surface area contributed by atoms with Crippen molar-refractivity contribution in [1.82, 2.24) is 10.3 Å². The van der Waals surface area contributed by atoms with E-state index < -0.39 is 0 Å². The standard InChI is InChI=1S/C16H21N3/c17-10-4-5-11-18-13-16-9-8-15(12-19-16)14-6-2-1-3-7-14/h1-3,6-9,12,18H,4-5,10-11,13,17H2. The van der Waals surface area contributed by atoms with Crippen LogP contribution < -0.4 is 11.1 Å². The molecule has 0 saturated carbocycles. The summed E-state index contributed by atoms with van der Waals surface area (Å²) in [5.41, 5.74) is 8.90. The molecule has 3 N–H and O–H groups in total. The lowest BCUT2D eigenvalue weighted by Crippen LogP contribution is -2.16. The van der Waals surface area contributed by atoms with Crippen molar-refractivity contribution < 1.29 is 0 Å². The molecule has 19 heavy (non-hydrogen) atoms. The molecule has 1 aromatic heterocycles. The third kappa shape index (κ3) is 4.47. The van der Waals surface area contributed by atoms with Gasteiger partial charge < -0.3 is 11.1 Å². The van der Waals surface area contributed by atoms with Gasteiger partial charge in [-0.05, 0) is 37.6 Å². The molecule has 0 radical (unpaired) electrons. The van der Waals surface area contributed by atoms with Gasteiger partial charge in [0.2, 0.25) is 0 Å². The van der Waals surface area contributed by atoms with E-state index in [0.29, 0.717) is 0 Å². The number of pyridine rings is 1. The summed E-state index contributed by atoms with van der Waals surface area (Å²) in [6.45, 7) is 2.59. The SMILES string of the molecule is NCCCCNCc1ccc(-c2ccccc2)cn1. The zero-order valence-corrected chi connectivity index (χ0v) is 11.2. The second kappa shape index (κ2) is 7.67. The smallest absolute Gasteiger partial charge is 0.0542 e. The molecular weight excluding hydrogens is 234 g/mol. The first-order chi connectivity index (χ1) is 9.40. The molecule has 3 nitrogen and oxygen atoms in total. The number of hydrogen-bond acceptors (Lipinski definition) is 3. The molecule has 100 valence electrons. The monoisotopic (exact) mass is 255 g/mol. The number of nitrogens with two attached hydrogens (primary N) is 1. The van der Waals surface area contributed by atoms with E-state index in [2.05, 4.69) is 34.6 Å². The summed E-state index contributed by atoms with van der Waals surface area (Å²) in [6.07, 6.45) is 4.14. The molecule has 0 fully saturated rings. The zero-order chi connectivity index (χ0) is 13.3. The highest BCUT2D eigenvalue weighted by atomic mass is 14.9. The van der Waals surface area contributed by atoms with E-state index in [-0.39, 0.29) is 0 Å². The van der Waals surface area contributed by atoms with Crippen LogP contribution in [0, 0.1) is 0 Å². The van der Waals surface area contributed by atoms with Crippen molar-refractivity contribution in [3.05, 3.63) is 54.4 Å². The molecule has 0 aliphatic heterocycles. The van der Waals surface area contributed by atoms with Crippen LogP contribution in [0.2, 0.25) is 0 Å². The molecule has 1 aromatic carbocycles. The van der Waals surface area contributed by atoms with Crippen LogP contribution in [0.1, 0.15) is 18.5 Å². The van der Waals surface area contributed by atoms with Gasteiger partial charge in [-0.15, -0.1) is 0 Å². The van der Waals surface area contributed by atoms with Crippen molar-refractivity contribution in [2.24, 2.45) is 5.73 Å². The second-order valence-electron chi connectivity index (χ2n) is 4.58. The molecule has 0 spiro atoms. The molecule has 0 bridgehead atoms. The first kappa shape index (κ1) is 13.7. The van der Waals surface area contributed by atoms with Gasteiger partial charge >= 0.3 is 0 Å². The van der Waals surface area contributed by atoms with Crippen molar-refractivity contribution in [3.8, 4) is 11.1 Å². The number of benzene rings is 1. The maximum Gasteiger partial charge on any atom is 0.0542 e. The Morgan fingerprint density at radius 3 is 2.47 bits per heavy atom. The average molecular weight is 255 g/mol. The third-order valence-corrected chi connectivity index (χ3v) is 3.05. The Hall–Kier alpha value is -1.71. The molecule has 0 aliphatic rings. The molecule has 1 heterocycles. The van der Waals surface area contributed by atoms with E-state index in [4.69, 9.17) is 5.73 Å². The maximum atomic E-state index is 5.45. The Balaban J connectivity index is 1.85. The quantitative estimate of drug-likeness (QED) is 0.748. The maximum absolute atomic E-state index is 5.45. The summed E-state index contributed by atoms with van der Waals surface area (Å²) in [5, 5.41) is 3.38. The molecule has 0 saturated heterocycles. The fraction of sp³-hybridized carbons (Fsp3) is 0.312. The van der Waals surface area contributed by atoms with Crippen LogP contribution in [0.25, 0.3) is 11.1 Å². The largest absolute Gasteiger partial charge is 0.330 e. The highest BCUT2D eigenvalue weighted by Crippen LogP contribution is 2.17. The van der Waals surface area contributed by atoms with Gasteiger partial charge in [0.1, 0.15) is 0 Å². The van der Waals surface area contributed by atoms with Gasteiger partial charge in [-0.25, -0.2) is 0 Å². The normalized spacial score (nSPS) is 10.6. The van der Waals surface area contributed by atoms with Crippen molar-refractivity contribution in [2.75, 3.05) is 13.1 Å². The summed E-state index contributed by atoms with van der Waals surface area (Å²) in [4.78, 5) is 4.49. The molecular formula is C16H21N3. The number of nitrogens with one attached hydrogen (secondary N) is 1. The lowest BCUT2D eigenvalue weighted by atomic mass is 10.1. The number of rotatable bonds is 7. The Morgan fingerprint density at radius 2 is 1.79 bits per heavy atom. The first-order valence-electron chi connectivity index (χ1n) is 6.81. The van der Waals surface area contributed by atoms with Gasteiger partial charge in [-0.2, -0.15) is 0 Å². The summed E-state index contributed by atoms with van der Waals surface area (Å²) in [7, 11) is 0. The van der Waals surface area contributed by atoms with Gasteiger partial charge in [0, 0.05) is 18.3 Å². The molecule has 3 heteroatoms. The van der Waals surface area contributed by atoms with E-state index in [9.17, 15) is 0 Å². The van der Waals surface area contributed by atoms with Crippen LogP contribution in [0.15, 0.2) is 48.7 Å². The van der Waals surface area contributed by atoms with Crippen LogP contribution >= 0.6 is 0 Å². The Bertz CT molecular complexity index is 465. The van der Waals surface area contributed by atoms with Crippen molar-refractivity contribution in [2.45, 2.75) is 19.4 Å². The topological polar surface area (TPSA) is 50.9 Å². The molecule has 2 aromatic rings. The molecule has 0 unspecified atom stereocenters. The predicted molar refractivity (Wildman–Crippen MR) is 79.7 cm³/mol. The number of hydrogen-bond donors (Lipinski definition) is 2. The van der Waals surface area contributed by atoms with Gasteiger partial charge in [0.15, 0.2) is 0 Å². The Kier molecular flexibility index (Phi) is 5.53. The van der Waals surface area contributed by atoms with Crippen LogP contribution in [0.3, 0.4) is 0 Å². The first-order valence-corrected chi connectivity index (χ1v) is 6.81. The lowest BCUT2D eigenvalue weighted by Gasteiger charge is -2.05. The lowest BCUT2D eigenvalue weighted by molar-refractivity contribution is 0.621. The average Bonchev–Trinajstić information content (AvgIpc) is 2.49. The highest BCUT2D eigenvalue weighted by molar-refractivity contribution is 5.62. The molecule has 0 aliphatic carbocycles. The highest BCUT2D eigenvalue weighted by Gasteiger charge is 1.98. The number of nitrogens with zero attached hydrogens (tertiary/aromatic N) is 1. The van der Waals surface area contributed by atoms with Crippen LogP contribution in [0.5, 0.6) is 0 Å². The van der Waals surface area contributed by atoms with Crippen molar-refractivity contribution in [3.63, 3.8) is 0 Å². The third-order valence-electron chi connectivity index (χ3n) is 3.05. The van der Waals surface area contributed by atoms with Gasteiger partial charge in [-0.1, -0.05) is 36.4 Å².